The molecule has 1 rings (SSSR count). The molecule has 8 heteroatoms. The lowest BCUT2D eigenvalue weighted by molar-refractivity contribution is -0.137. The van der Waals surface area contributed by atoms with Crippen LogP contribution in [-0.4, -0.2) is 28.9 Å². The molecule has 0 saturated carbocycles. The van der Waals surface area contributed by atoms with Crippen LogP contribution in [-0.2, 0) is 20.8 Å². The number of carboxylic acids is 1. The summed E-state index contributed by atoms with van der Waals surface area (Å²) in [6, 6.07) is 1.96. The Morgan fingerprint density at radius 3 is 2.29 bits per heavy atom. The molecule has 21 heavy (non-hydrogen) atoms. The lowest BCUT2D eigenvalue weighted by Gasteiger charge is -2.14. The van der Waals surface area contributed by atoms with Gasteiger partial charge in [-0.05, 0) is 18.6 Å². The zero-order valence-electron chi connectivity index (χ0n) is 10.9. The Kier molecular flexibility index (Phi) is 5.77. The maximum absolute atomic E-state index is 13.4. The summed E-state index contributed by atoms with van der Waals surface area (Å²) in [5, 5.41) is 10.7. The molecule has 0 aliphatic carbocycles. The Morgan fingerprint density at radius 2 is 1.81 bits per heavy atom. The fraction of sp³-hybridized carbons (Fsp3) is 0.308. The second-order valence-corrected chi connectivity index (χ2v) is 4.33. The number of carboxylic acid groups (broad SMARTS) is 1. The van der Waals surface area contributed by atoms with Gasteiger partial charge in [-0.3, -0.25) is 14.4 Å². The van der Waals surface area contributed by atoms with Crippen molar-refractivity contribution in [1.82, 2.24) is 5.32 Å². The van der Waals surface area contributed by atoms with Gasteiger partial charge < -0.3 is 16.2 Å². The number of nitrogens with one attached hydrogen (secondary N) is 1. The minimum absolute atomic E-state index is 0.198. The van der Waals surface area contributed by atoms with E-state index in [1.807, 2.05) is 0 Å². The van der Waals surface area contributed by atoms with Crippen LogP contribution >= 0.6 is 0 Å². The van der Waals surface area contributed by atoms with Gasteiger partial charge in [-0.2, -0.15) is 0 Å². The van der Waals surface area contributed by atoms with Crippen molar-refractivity contribution in [3.05, 3.63) is 35.4 Å². The van der Waals surface area contributed by atoms with Gasteiger partial charge in [-0.15, -0.1) is 0 Å². The maximum Gasteiger partial charge on any atom is 0.303 e. The molecule has 0 saturated heterocycles. The van der Waals surface area contributed by atoms with Crippen LogP contribution in [0.1, 0.15) is 18.4 Å². The molecule has 0 fully saturated rings. The summed E-state index contributed by atoms with van der Waals surface area (Å²) in [5.74, 6) is -4.67. The number of hydrogen-bond acceptors (Lipinski definition) is 3. The molecule has 2 amide bonds. The normalized spacial score (nSPS) is 11.7. The Hall–Kier alpha value is -2.51. The summed E-state index contributed by atoms with van der Waals surface area (Å²) in [4.78, 5) is 33.2. The summed E-state index contributed by atoms with van der Waals surface area (Å²) in [5.41, 5.74) is 4.60. The van der Waals surface area contributed by atoms with E-state index >= 15 is 0 Å². The number of benzene rings is 1. The summed E-state index contributed by atoms with van der Waals surface area (Å²) in [6.07, 6.45) is -1.19. The average Bonchev–Trinajstić information content (AvgIpc) is 2.38. The van der Waals surface area contributed by atoms with Crippen LogP contribution in [0.5, 0.6) is 0 Å². The molecule has 0 aliphatic rings. The topological polar surface area (TPSA) is 109 Å². The third-order valence-corrected chi connectivity index (χ3v) is 2.72. The third-order valence-electron chi connectivity index (χ3n) is 2.72. The summed E-state index contributed by atoms with van der Waals surface area (Å²) in [7, 11) is 0. The maximum atomic E-state index is 13.4. The number of carbonyl (C=O) groups excluding carboxylic acids is 2. The molecule has 4 N–H and O–H groups in total. The quantitative estimate of drug-likeness (QED) is 0.674. The second-order valence-electron chi connectivity index (χ2n) is 4.33. The Morgan fingerprint density at radius 1 is 1.24 bits per heavy atom. The van der Waals surface area contributed by atoms with Crippen molar-refractivity contribution >= 4 is 17.8 Å². The lowest BCUT2D eigenvalue weighted by atomic mass is 10.1. The zero-order chi connectivity index (χ0) is 16.0. The zero-order valence-corrected chi connectivity index (χ0v) is 10.9. The van der Waals surface area contributed by atoms with E-state index in [2.05, 4.69) is 5.32 Å². The highest BCUT2D eigenvalue weighted by atomic mass is 19.1. The lowest BCUT2D eigenvalue weighted by Crippen LogP contribution is -2.45. The van der Waals surface area contributed by atoms with Crippen molar-refractivity contribution in [1.29, 1.82) is 0 Å². The van der Waals surface area contributed by atoms with Crippen LogP contribution in [0.4, 0.5) is 8.78 Å². The van der Waals surface area contributed by atoms with Gasteiger partial charge in [-0.1, -0.05) is 6.07 Å². The molecule has 0 spiro atoms. The summed E-state index contributed by atoms with van der Waals surface area (Å²) >= 11 is 0. The predicted octanol–water partition coefficient (Wildman–Crippen LogP) is 0.342. The van der Waals surface area contributed by atoms with Crippen LogP contribution in [0.2, 0.25) is 0 Å². The number of rotatable bonds is 7. The van der Waals surface area contributed by atoms with E-state index in [4.69, 9.17) is 10.8 Å². The van der Waals surface area contributed by atoms with Crippen LogP contribution in [0.15, 0.2) is 18.2 Å². The Balaban J connectivity index is 2.70. The number of carbonyl (C=O) groups is 3. The van der Waals surface area contributed by atoms with Crippen LogP contribution in [0.3, 0.4) is 0 Å². The Labute approximate surface area is 118 Å². The van der Waals surface area contributed by atoms with Crippen molar-refractivity contribution < 1.29 is 28.3 Å². The van der Waals surface area contributed by atoms with E-state index in [1.54, 1.807) is 0 Å². The fourth-order valence-electron chi connectivity index (χ4n) is 1.66. The van der Waals surface area contributed by atoms with Crippen molar-refractivity contribution in [3.63, 3.8) is 0 Å². The first kappa shape index (κ1) is 16.5. The molecular weight excluding hydrogens is 286 g/mol. The van der Waals surface area contributed by atoms with E-state index in [0.717, 1.165) is 18.2 Å². The molecule has 1 atom stereocenters. The number of aliphatic carboxylic acids is 1. The smallest absolute Gasteiger partial charge is 0.303 e. The minimum atomic E-state index is -1.21. The van der Waals surface area contributed by atoms with Crippen molar-refractivity contribution in [2.45, 2.75) is 25.3 Å². The van der Waals surface area contributed by atoms with Gasteiger partial charge in [0.2, 0.25) is 11.8 Å². The standard InChI is InChI=1S/C13H14F2N2O4/c14-8-2-1-3-9(15)7(8)6-11(18)17-10(13(16)21)4-5-12(19)20/h1-3,10H,4-6H2,(H2,16,21)(H,17,18)(H,19,20)/t10-/m1/s1. The highest BCUT2D eigenvalue weighted by Crippen LogP contribution is 2.12. The predicted molar refractivity (Wildman–Crippen MR) is 68.1 cm³/mol. The molecule has 0 aromatic heterocycles. The summed E-state index contributed by atoms with van der Waals surface area (Å²) < 4.78 is 26.7. The molecule has 0 unspecified atom stereocenters. The van der Waals surface area contributed by atoms with E-state index in [1.165, 1.54) is 0 Å². The molecule has 1 aromatic carbocycles. The number of amides is 2. The van der Waals surface area contributed by atoms with Crippen LogP contribution < -0.4 is 11.1 Å². The van der Waals surface area contributed by atoms with Crippen LogP contribution in [0, 0.1) is 11.6 Å². The van der Waals surface area contributed by atoms with E-state index in [9.17, 15) is 23.2 Å². The molecule has 114 valence electrons. The van der Waals surface area contributed by atoms with Crippen molar-refractivity contribution in [2.24, 2.45) is 5.73 Å². The summed E-state index contributed by atoms with van der Waals surface area (Å²) in [6.45, 7) is 0. The van der Waals surface area contributed by atoms with Gasteiger partial charge >= 0.3 is 5.97 Å². The van der Waals surface area contributed by atoms with Crippen molar-refractivity contribution in [3.8, 4) is 0 Å². The van der Waals surface area contributed by atoms with Gasteiger partial charge in [0.1, 0.15) is 17.7 Å². The first-order chi connectivity index (χ1) is 9.81. The second kappa shape index (κ2) is 7.32. The largest absolute Gasteiger partial charge is 0.481 e. The third kappa shape index (κ3) is 5.17. The van der Waals surface area contributed by atoms with Crippen LogP contribution in [0.25, 0.3) is 0 Å². The number of hydrogen-bond donors (Lipinski definition) is 3. The molecule has 0 bridgehead atoms. The number of primary amides is 1. The molecule has 0 radical (unpaired) electrons. The van der Waals surface area contributed by atoms with Gasteiger partial charge in [0.15, 0.2) is 0 Å². The van der Waals surface area contributed by atoms with Crippen molar-refractivity contribution in [2.75, 3.05) is 0 Å². The van der Waals surface area contributed by atoms with E-state index in [0.29, 0.717) is 0 Å². The Bertz CT molecular complexity index is 543. The minimum Gasteiger partial charge on any atom is -0.481 e. The highest BCUT2D eigenvalue weighted by molar-refractivity contribution is 5.87. The van der Waals surface area contributed by atoms with Gasteiger partial charge in [0.05, 0.1) is 6.42 Å². The number of nitrogens with two attached hydrogens (primary N) is 1. The highest BCUT2D eigenvalue weighted by Gasteiger charge is 2.21. The average molecular weight is 300 g/mol. The molecule has 1 aromatic rings. The first-order valence-corrected chi connectivity index (χ1v) is 6.04. The van der Waals surface area contributed by atoms with Gasteiger partial charge in [-0.25, -0.2) is 8.78 Å². The van der Waals surface area contributed by atoms with E-state index in [-0.39, 0.29) is 12.8 Å². The molecule has 0 heterocycles. The molecular formula is C13H14F2N2O4. The number of halogens is 2. The fourth-order valence-corrected chi connectivity index (χ4v) is 1.66. The SMILES string of the molecule is NC(=O)[C@@H](CCC(=O)O)NC(=O)Cc1c(F)cccc1F. The molecule has 0 aliphatic heterocycles. The van der Waals surface area contributed by atoms with Gasteiger partial charge in [0.25, 0.3) is 0 Å². The van der Waals surface area contributed by atoms with E-state index < -0.39 is 47.4 Å². The molecule has 6 nitrogen and oxygen atoms in total. The first-order valence-electron chi connectivity index (χ1n) is 6.04. The van der Waals surface area contributed by atoms with Gasteiger partial charge in [0, 0.05) is 12.0 Å². The monoisotopic (exact) mass is 300 g/mol.